The monoisotopic (exact) mass is 368 g/mol. The highest BCUT2D eigenvalue weighted by atomic mass is 35.5. The van der Waals surface area contributed by atoms with Gasteiger partial charge in [-0.1, -0.05) is 23.7 Å². The Hall–Kier alpha value is -2.12. The van der Waals surface area contributed by atoms with Crippen LogP contribution in [0.5, 0.6) is 0 Å². The largest absolute Gasteiger partial charge is 0.481 e. The van der Waals surface area contributed by atoms with E-state index in [9.17, 15) is 14.4 Å². The number of aliphatic carboxylic acids is 1. The Labute approximate surface area is 150 Å². The third-order valence-electron chi connectivity index (χ3n) is 3.92. The number of nitrogens with zero attached hydrogens (tertiary/aromatic N) is 1. The van der Waals surface area contributed by atoms with Crippen molar-refractivity contribution in [3.63, 3.8) is 0 Å². The highest BCUT2D eigenvalue weighted by Gasteiger charge is 2.28. The number of carboxylic acids is 1. The van der Waals surface area contributed by atoms with E-state index in [0.29, 0.717) is 18.2 Å². The van der Waals surface area contributed by atoms with E-state index in [1.54, 1.807) is 29.2 Å². The number of rotatable bonds is 6. The lowest BCUT2D eigenvalue weighted by Gasteiger charge is -2.33. The lowest BCUT2D eigenvalue weighted by Crippen LogP contribution is -2.47. The van der Waals surface area contributed by atoms with Crippen molar-refractivity contribution in [2.24, 2.45) is 0 Å². The zero-order chi connectivity index (χ0) is 18.4. The van der Waals surface area contributed by atoms with Crippen LogP contribution in [0.2, 0.25) is 5.02 Å². The Morgan fingerprint density at radius 3 is 2.64 bits per heavy atom. The van der Waals surface area contributed by atoms with E-state index in [0.717, 1.165) is 5.56 Å². The fraction of sp³-hybridized carbons (Fsp3) is 0.471. The van der Waals surface area contributed by atoms with E-state index in [1.165, 1.54) is 6.92 Å². The molecule has 1 fully saturated rings. The van der Waals surface area contributed by atoms with Crippen molar-refractivity contribution in [3.8, 4) is 0 Å². The lowest BCUT2D eigenvalue weighted by molar-refractivity contribution is -0.148. The summed E-state index contributed by atoms with van der Waals surface area (Å²) in [6.45, 7) is 2.33. The first-order valence-corrected chi connectivity index (χ1v) is 8.36. The van der Waals surface area contributed by atoms with Crippen molar-refractivity contribution >= 4 is 29.4 Å². The summed E-state index contributed by atoms with van der Waals surface area (Å²) in [6.07, 6.45) is -0.568. The molecule has 2 atom stereocenters. The number of amides is 2. The van der Waals surface area contributed by atoms with Crippen LogP contribution in [0.15, 0.2) is 24.3 Å². The Morgan fingerprint density at radius 2 is 2.04 bits per heavy atom. The number of carbonyl (C=O) groups excluding carboxylic acids is 2. The van der Waals surface area contributed by atoms with Crippen molar-refractivity contribution in [1.82, 2.24) is 10.2 Å². The summed E-state index contributed by atoms with van der Waals surface area (Å²) >= 11 is 5.88. The Kier molecular flexibility index (Phi) is 6.78. The molecule has 0 bridgehead atoms. The van der Waals surface area contributed by atoms with Gasteiger partial charge >= 0.3 is 5.97 Å². The van der Waals surface area contributed by atoms with Crippen molar-refractivity contribution in [3.05, 3.63) is 34.9 Å². The fourth-order valence-corrected chi connectivity index (χ4v) is 2.89. The molecule has 1 aromatic carbocycles. The number of ether oxygens (including phenoxy) is 1. The maximum Gasteiger partial charge on any atom is 0.306 e. The van der Waals surface area contributed by atoms with Crippen LogP contribution >= 0.6 is 11.6 Å². The predicted molar refractivity (Wildman–Crippen MR) is 91.2 cm³/mol. The molecule has 1 aromatic rings. The second-order valence-electron chi connectivity index (χ2n) is 5.94. The van der Waals surface area contributed by atoms with Crippen LogP contribution in [-0.2, 0) is 19.1 Å². The molecule has 8 heteroatoms. The van der Waals surface area contributed by atoms with E-state index >= 15 is 0 Å². The number of benzene rings is 1. The molecule has 0 unspecified atom stereocenters. The second-order valence-corrected chi connectivity index (χ2v) is 6.38. The Balaban J connectivity index is 2.04. The second kappa shape index (κ2) is 8.82. The van der Waals surface area contributed by atoms with Crippen LogP contribution in [0.3, 0.4) is 0 Å². The molecule has 0 saturated carbocycles. The number of hydrogen-bond donors (Lipinski definition) is 2. The quantitative estimate of drug-likeness (QED) is 0.795. The molecule has 1 heterocycles. The van der Waals surface area contributed by atoms with Gasteiger partial charge in [0.1, 0.15) is 0 Å². The molecule has 1 aliphatic heterocycles. The van der Waals surface area contributed by atoms with Gasteiger partial charge in [-0.05, 0) is 17.7 Å². The summed E-state index contributed by atoms with van der Waals surface area (Å²) in [6, 6.07) is 6.47. The predicted octanol–water partition coefficient (Wildman–Crippen LogP) is 1.61. The molecular weight excluding hydrogens is 348 g/mol. The number of nitrogens with one attached hydrogen (secondary N) is 1. The number of carbonyl (C=O) groups is 3. The van der Waals surface area contributed by atoms with Crippen LogP contribution in [0, 0.1) is 0 Å². The SMILES string of the molecule is CC(=O)N[C@@H](CC(=O)N1CCO[C@@H](CC(=O)O)C1)c1ccc(Cl)cc1. The van der Waals surface area contributed by atoms with Crippen molar-refractivity contribution in [1.29, 1.82) is 0 Å². The molecule has 2 rings (SSSR count). The van der Waals surface area contributed by atoms with Gasteiger partial charge in [0.25, 0.3) is 0 Å². The van der Waals surface area contributed by atoms with Crippen LogP contribution in [0.1, 0.15) is 31.4 Å². The van der Waals surface area contributed by atoms with Crippen LogP contribution in [-0.4, -0.2) is 53.6 Å². The fourth-order valence-electron chi connectivity index (χ4n) is 2.76. The maximum atomic E-state index is 12.6. The van der Waals surface area contributed by atoms with Gasteiger partial charge in [0, 0.05) is 25.0 Å². The molecule has 25 heavy (non-hydrogen) atoms. The highest BCUT2D eigenvalue weighted by molar-refractivity contribution is 6.30. The summed E-state index contributed by atoms with van der Waals surface area (Å²) in [7, 11) is 0. The first kappa shape index (κ1) is 19.2. The Morgan fingerprint density at radius 1 is 1.36 bits per heavy atom. The van der Waals surface area contributed by atoms with E-state index in [4.69, 9.17) is 21.4 Å². The summed E-state index contributed by atoms with van der Waals surface area (Å²) in [4.78, 5) is 36.5. The molecule has 7 nitrogen and oxygen atoms in total. The molecule has 0 aliphatic carbocycles. The average Bonchev–Trinajstić information content (AvgIpc) is 2.54. The zero-order valence-corrected chi connectivity index (χ0v) is 14.7. The number of hydrogen-bond acceptors (Lipinski definition) is 4. The van der Waals surface area contributed by atoms with E-state index < -0.39 is 18.1 Å². The van der Waals surface area contributed by atoms with E-state index in [1.807, 2.05) is 0 Å². The van der Waals surface area contributed by atoms with Gasteiger partial charge in [0.2, 0.25) is 11.8 Å². The van der Waals surface area contributed by atoms with Gasteiger partial charge in [-0.3, -0.25) is 14.4 Å². The van der Waals surface area contributed by atoms with Gasteiger partial charge < -0.3 is 20.1 Å². The van der Waals surface area contributed by atoms with Crippen LogP contribution < -0.4 is 5.32 Å². The first-order chi connectivity index (χ1) is 11.8. The normalized spacial score (nSPS) is 18.5. The highest BCUT2D eigenvalue weighted by Crippen LogP contribution is 2.21. The topological polar surface area (TPSA) is 95.9 Å². The average molecular weight is 369 g/mol. The molecule has 136 valence electrons. The maximum absolute atomic E-state index is 12.6. The molecule has 0 radical (unpaired) electrons. The minimum Gasteiger partial charge on any atom is -0.481 e. The van der Waals surface area contributed by atoms with Crippen molar-refractivity contribution in [2.45, 2.75) is 31.9 Å². The van der Waals surface area contributed by atoms with Gasteiger partial charge in [-0.2, -0.15) is 0 Å². The molecule has 2 amide bonds. The van der Waals surface area contributed by atoms with Gasteiger partial charge in [0.05, 0.1) is 31.6 Å². The van der Waals surface area contributed by atoms with Crippen LogP contribution in [0.4, 0.5) is 0 Å². The zero-order valence-electron chi connectivity index (χ0n) is 13.9. The molecule has 1 saturated heterocycles. The number of morpholine rings is 1. The van der Waals surface area contributed by atoms with Crippen LogP contribution in [0.25, 0.3) is 0 Å². The molecule has 0 aromatic heterocycles. The van der Waals surface area contributed by atoms with Crippen molar-refractivity contribution in [2.75, 3.05) is 19.7 Å². The van der Waals surface area contributed by atoms with Crippen molar-refractivity contribution < 1.29 is 24.2 Å². The smallest absolute Gasteiger partial charge is 0.306 e. The van der Waals surface area contributed by atoms with Gasteiger partial charge in [-0.25, -0.2) is 0 Å². The van der Waals surface area contributed by atoms with E-state index in [-0.39, 0.29) is 31.2 Å². The molecular formula is C17H21ClN2O5. The molecule has 2 N–H and O–H groups in total. The number of carboxylic acid groups (broad SMARTS) is 1. The first-order valence-electron chi connectivity index (χ1n) is 7.99. The minimum atomic E-state index is -0.961. The Bertz CT molecular complexity index is 634. The molecule has 0 spiro atoms. The molecule has 1 aliphatic rings. The standard InChI is InChI=1S/C17H21ClN2O5/c1-11(21)19-15(12-2-4-13(18)5-3-12)9-16(22)20-6-7-25-14(10-20)8-17(23)24/h2-5,14-15H,6-10H2,1H3,(H,19,21)(H,23,24)/t14-,15-/m0/s1. The minimum absolute atomic E-state index is 0.0843. The summed E-state index contributed by atoms with van der Waals surface area (Å²) in [5.74, 6) is -1.36. The van der Waals surface area contributed by atoms with Gasteiger partial charge in [-0.15, -0.1) is 0 Å². The summed E-state index contributed by atoms with van der Waals surface area (Å²) in [5, 5.41) is 12.2. The lowest BCUT2D eigenvalue weighted by atomic mass is 10.0. The number of halogens is 1. The van der Waals surface area contributed by atoms with E-state index in [2.05, 4.69) is 5.32 Å². The third kappa shape index (κ3) is 6.03. The summed E-state index contributed by atoms with van der Waals surface area (Å²) < 4.78 is 5.38. The third-order valence-corrected chi connectivity index (χ3v) is 4.17. The summed E-state index contributed by atoms with van der Waals surface area (Å²) in [5.41, 5.74) is 0.781. The van der Waals surface area contributed by atoms with Gasteiger partial charge in [0.15, 0.2) is 0 Å².